The topological polar surface area (TPSA) is 34.1 Å². The minimum absolute atomic E-state index is 0.0343. The number of rotatable bonds is 4. The van der Waals surface area contributed by atoms with Crippen molar-refractivity contribution < 1.29 is 9.59 Å². The van der Waals surface area contributed by atoms with Crippen molar-refractivity contribution in [1.29, 1.82) is 0 Å². The molecule has 2 aromatic carbocycles. The molecule has 1 aliphatic rings. The Morgan fingerprint density at radius 2 is 1.09 bits per heavy atom. The predicted octanol–water partition coefficient (Wildman–Crippen LogP) is 3.63. The van der Waals surface area contributed by atoms with Gasteiger partial charge in [-0.1, -0.05) is 0 Å². The maximum absolute atomic E-state index is 12.5. The van der Waals surface area contributed by atoms with Crippen molar-refractivity contribution in [2.75, 3.05) is 0 Å². The molecule has 0 fully saturated rings. The summed E-state index contributed by atoms with van der Waals surface area (Å²) < 4.78 is 1.53. The van der Waals surface area contributed by atoms with Crippen LogP contribution in [0.5, 0.6) is 0 Å². The van der Waals surface area contributed by atoms with Crippen LogP contribution in [0.25, 0.3) is 0 Å². The van der Waals surface area contributed by atoms with Crippen LogP contribution in [-0.4, -0.2) is 26.5 Å². The van der Waals surface area contributed by atoms with Crippen LogP contribution < -0.4 is 0 Å². The quantitative estimate of drug-likeness (QED) is 0.621. The molecule has 0 saturated heterocycles. The Morgan fingerprint density at radius 1 is 0.682 bits per heavy atom. The third-order valence-electron chi connectivity index (χ3n) is 3.35. The van der Waals surface area contributed by atoms with Gasteiger partial charge in [-0.05, 0) is 0 Å². The van der Waals surface area contributed by atoms with E-state index in [-0.39, 0.29) is 26.5 Å². The van der Waals surface area contributed by atoms with Crippen LogP contribution >= 0.6 is 0 Å². The first kappa shape index (κ1) is 14.7. The molecule has 0 aliphatic carbocycles. The second-order valence-corrected chi connectivity index (χ2v) is 7.14. The summed E-state index contributed by atoms with van der Waals surface area (Å²) in [5.41, 5.74) is 1.37. The van der Waals surface area contributed by atoms with Crippen molar-refractivity contribution in [3.63, 3.8) is 0 Å². The van der Waals surface area contributed by atoms with E-state index in [0.717, 1.165) is 8.94 Å². The Kier molecular flexibility index (Phi) is 4.47. The van der Waals surface area contributed by atoms with Gasteiger partial charge in [0.05, 0.1) is 0 Å². The second-order valence-electron chi connectivity index (χ2n) is 4.86. The molecule has 0 spiro atoms. The Hall–Kier alpha value is -2.22. The van der Waals surface area contributed by atoms with Crippen LogP contribution in [0.15, 0.2) is 81.8 Å². The zero-order valence-corrected chi connectivity index (χ0v) is 13.6. The Labute approximate surface area is 135 Å². The van der Waals surface area contributed by atoms with E-state index in [0.29, 0.717) is 17.5 Å². The maximum atomic E-state index is 12.5. The Bertz CT molecular complexity index is 693. The van der Waals surface area contributed by atoms with Gasteiger partial charge < -0.3 is 0 Å². The molecule has 1 aliphatic heterocycles. The molecule has 1 heterocycles. The molecule has 2 nitrogen and oxygen atoms in total. The molecule has 3 heteroatoms. The summed E-state index contributed by atoms with van der Waals surface area (Å²) in [6.07, 6.45) is 4.53. The zero-order valence-electron chi connectivity index (χ0n) is 11.9. The molecular formula is C19H14O2Se. The van der Waals surface area contributed by atoms with Crippen molar-refractivity contribution in [3.8, 4) is 0 Å². The first-order valence-corrected chi connectivity index (χ1v) is 8.74. The van der Waals surface area contributed by atoms with Gasteiger partial charge >= 0.3 is 135 Å². The molecular weight excluding hydrogens is 339 g/mol. The van der Waals surface area contributed by atoms with E-state index in [2.05, 4.69) is 0 Å². The molecule has 0 aromatic heterocycles. The number of benzene rings is 2. The average molecular weight is 353 g/mol. The summed E-state index contributed by atoms with van der Waals surface area (Å²) in [6, 6.07) is 18.5. The molecule has 22 heavy (non-hydrogen) atoms. The summed E-state index contributed by atoms with van der Waals surface area (Å²) in [5, 5.41) is 0. The van der Waals surface area contributed by atoms with Crippen LogP contribution in [0.4, 0.5) is 0 Å². The molecule has 3 rings (SSSR count). The fourth-order valence-corrected chi connectivity index (χ4v) is 4.35. The van der Waals surface area contributed by atoms with Gasteiger partial charge in [0.25, 0.3) is 0 Å². The minimum atomic E-state index is -0.238. The number of carbonyl (C=O) groups is 2. The third kappa shape index (κ3) is 3.16. The van der Waals surface area contributed by atoms with Crippen LogP contribution in [0, 0.1) is 0 Å². The first-order valence-electron chi connectivity index (χ1n) is 7.03. The normalized spacial score (nSPS) is 14.0. The van der Waals surface area contributed by atoms with Crippen LogP contribution in [0.3, 0.4) is 0 Å². The van der Waals surface area contributed by atoms with Crippen LogP contribution in [0.2, 0.25) is 0 Å². The van der Waals surface area contributed by atoms with Gasteiger partial charge in [0.2, 0.25) is 0 Å². The molecule has 0 N–H and O–H groups in total. The van der Waals surface area contributed by atoms with Crippen LogP contribution in [0.1, 0.15) is 27.1 Å². The molecule has 0 atom stereocenters. The number of carbonyl (C=O) groups excluding carboxylic acids is 2. The van der Waals surface area contributed by atoms with E-state index < -0.39 is 0 Å². The van der Waals surface area contributed by atoms with Gasteiger partial charge in [-0.3, -0.25) is 0 Å². The Balaban J connectivity index is 1.78. The van der Waals surface area contributed by atoms with Crippen molar-refractivity contribution in [2.45, 2.75) is 6.42 Å². The number of hydrogen-bond donors (Lipinski definition) is 0. The van der Waals surface area contributed by atoms with Gasteiger partial charge in [-0.25, -0.2) is 0 Å². The summed E-state index contributed by atoms with van der Waals surface area (Å²) >= 11 is -0.238. The fraction of sp³-hybridized carbons (Fsp3) is 0.0526. The first-order chi connectivity index (χ1) is 10.8. The third-order valence-corrected chi connectivity index (χ3v) is 5.75. The van der Waals surface area contributed by atoms with E-state index in [1.165, 1.54) is 0 Å². The van der Waals surface area contributed by atoms with Crippen molar-refractivity contribution in [2.24, 2.45) is 0 Å². The van der Waals surface area contributed by atoms with E-state index >= 15 is 0 Å². The fourth-order valence-electron chi connectivity index (χ4n) is 2.22. The van der Waals surface area contributed by atoms with E-state index in [1.807, 2.05) is 72.8 Å². The summed E-state index contributed by atoms with van der Waals surface area (Å²) in [6.45, 7) is 0. The number of ketones is 2. The second kappa shape index (κ2) is 6.69. The average Bonchev–Trinajstić information content (AvgIpc) is 2.62. The SMILES string of the molecule is O=C(C1=CCC=C(C(=O)c2ccccc2)[Se]1)c1ccccc1. The van der Waals surface area contributed by atoms with Crippen LogP contribution in [-0.2, 0) is 0 Å². The van der Waals surface area contributed by atoms with Gasteiger partial charge in [-0.15, -0.1) is 0 Å². The number of Topliss-reactive ketones (excluding diaryl/α,β-unsaturated/α-hetero) is 2. The zero-order chi connectivity index (χ0) is 15.4. The standard InChI is InChI=1S/C19H14O2Se/c20-18(14-8-3-1-4-9-14)16-12-7-13-17(22-16)19(21)15-10-5-2-6-11-15/h1-6,8-13H,7H2. The van der Waals surface area contributed by atoms with Gasteiger partial charge in [0.1, 0.15) is 0 Å². The molecule has 2 aromatic rings. The van der Waals surface area contributed by atoms with Crippen molar-refractivity contribution in [1.82, 2.24) is 0 Å². The number of allylic oxidation sites excluding steroid dienone is 4. The van der Waals surface area contributed by atoms with Crippen molar-refractivity contribution in [3.05, 3.63) is 92.9 Å². The molecule has 0 radical (unpaired) electrons. The predicted molar refractivity (Wildman–Crippen MR) is 88.1 cm³/mol. The monoisotopic (exact) mass is 354 g/mol. The Morgan fingerprint density at radius 3 is 1.50 bits per heavy atom. The van der Waals surface area contributed by atoms with Gasteiger partial charge in [0.15, 0.2) is 0 Å². The molecule has 0 unspecified atom stereocenters. The van der Waals surface area contributed by atoms with E-state index in [4.69, 9.17) is 0 Å². The molecule has 0 bridgehead atoms. The summed E-state index contributed by atoms with van der Waals surface area (Å²) in [4.78, 5) is 25.0. The number of hydrogen-bond acceptors (Lipinski definition) is 2. The summed E-state index contributed by atoms with van der Waals surface area (Å²) in [7, 11) is 0. The van der Waals surface area contributed by atoms with Gasteiger partial charge in [-0.2, -0.15) is 0 Å². The van der Waals surface area contributed by atoms with E-state index in [9.17, 15) is 9.59 Å². The van der Waals surface area contributed by atoms with E-state index in [1.54, 1.807) is 0 Å². The molecule has 0 saturated carbocycles. The van der Waals surface area contributed by atoms with Crippen molar-refractivity contribution >= 4 is 26.5 Å². The summed E-state index contributed by atoms with van der Waals surface area (Å²) in [5.74, 6) is 0.0686. The molecule has 108 valence electrons. The van der Waals surface area contributed by atoms with Gasteiger partial charge in [0, 0.05) is 0 Å². The molecule has 0 amide bonds.